The molecule has 0 atom stereocenters. The molecular formula is C8H8Cl3NO. The minimum atomic E-state index is -0.167. The summed E-state index contributed by atoms with van der Waals surface area (Å²) in [4.78, 5) is 11.1. The molecule has 5 heteroatoms. The summed E-state index contributed by atoms with van der Waals surface area (Å²) in [7, 11) is 0. The van der Waals surface area contributed by atoms with Gasteiger partial charge in [0.15, 0.2) is 5.78 Å². The smallest absolute Gasteiger partial charge is 0.176 e. The lowest BCUT2D eigenvalue weighted by atomic mass is 10.1. The number of halogens is 3. The van der Waals surface area contributed by atoms with Crippen molar-refractivity contribution in [2.24, 2.45) is 5.73 Å². The van der Waals surface area contributed by atoms with Crippen LogP contribution < -0.4 is 5.73 Å². The lowest BCUT2D eigenvalue weighted by molar-refractivity contribution is 0.100. The van der Waals surface area contributed by atoms with Crippen LogP contribution in [0, 0.1) is 0 Å². The number of Topliss-reactive ketones (excluding diaryl/α,β-unsaturated/α-hetero) is 1. The van der Waals surface area contributed by atoms with Crippen molar-refractivity contribution in [1.29, 1.82) is 0 Å². The van der Waals surface area contributed by atoms with E-state index < -0.39 is 0 Å². The molecule has 72 valence electrons. The minimum Gasteiger partial charge on any atom is -0.324 e. The van der Waals surface area contributed by atoms with Gasteiger partial charge in [0.2, 0.25) is 0 Å². The zero-order valence-electron chi connectivity index (χ0n) is 6.59. The van der Waals surface area contributed by atoms with Gasteiger partial charge in [-0.1, -0.05) is 23.2 Å². The van der Waals surface area contributed by atoms with Gasteiger partial charge in [-0.05, 0) is 18.2 Å². The number of ketones is 1. The molecule has 2 N–H and O–H groups in total. The van der Waals surface area contributed by atoms with Crippen LogP contribution in [0.15, 0.2) is 18.2 Å². The van der Waals surface area contributed by atoms with Gasteiger partial charge in [0.05, 0.1) is 6.54 Å². The van der Waals surface area contributed by atoms with E-state index >= 15 is 0 Å². The lowest BCUT2D eigenvalue weighted by Gasteiger charge is -1.99. The summed E-state index contributed by atoms with van der Waals surface area (Å²) in [6.07, 6.45) is 0. The van der Waals surface area contributed by atoms with Crippen molar-refractivity contribution in [3.05, 3.63) is 33.8 Å². The summed E-state index contributed by atoms with van der Waals surface area (Å²) in [5, 5.41) is 0.888. The Morgan fingerprint density at radius 1 is 1.23 bits per heavy atom. The molecule has 0 unspecified atom stereocenters. The second kappa shape index (κ2) is 5.45. The third-order valence-electron chi connectivity index (χ3n) is 1.37. The van der Waals surface area contributed by atoms with Crippen LogP contribution in [0.4, 0.5) is 0 Å². The van der Waals surface area contributed by atoms with Gasteiger partial charge in [-0.25, -0.2) is 0 Å². The Balaban J connectivity index is 0.00000144. The maximum Gasteiger partial charge on any atom is 0.176 e. The van der Waals surface area contributed by atoms with Crippen LogP contribution >= 0.6 is 35.6 Å². The molecule has 0 aliphatic carbocycles. The van der Waals surface area contributed by atoms with E-state index in [1.165, 1.54) is 0 Å². The number of rotatable bonds is 2. The fraction of sp³-hybridized carbons (Fsp3) is 0.125. The SMILES string of the molecule is Cl.NCC(=O)c1cc(Cl)cc(Cl)c1. The minimum absolute atomic E-state index is 0. The van der Waals surface area contributed by atoms with Gasteiger partial charge < -0.3 is 5.73 Å². The molecular weight excluding hydrogens is 232 g/mol. The van der Waals surface area contributed by atoms with Crippen LogP contribution in [-0.2, 0) is 0 Å². The molecule has 0 radical (unpaired) electrons. The van der Waals surface area contributed by atoms with Crippen LogP contribution in [-0.4, -0.2) is 12.3 Å². The Bertz CT molecular complexity index is 294. The normalized spacial score (nSPS) is 9.15. The zero-order chi connectivity index (χ0) is 9.14. The fourth-order valence-corrected chi connectivity index (χ4v) is 1.36. The van der Waals surface area contributed by atoms with Crippen molar-refractivity contribution >= 4 is 41.4 Å². The standard InChI is InChI=1S/C8H7Cl2NO.ClH/c9-6-1-5(8(12)4-11)2-7(10)3-6;/h1-3H,4,11H2;1H. The van der Waals surface area contributed by atoms with E-state index in [0.717, 1.165) is 0 Å². The van der Waals surface area contributed by atoms with Crippen molar-refractivity contribution in [3.8, 4) is 0 Å². The Hall–Kier alpha value is -0.280. The van der Waals surface area contributed by atoms with Crippen molar-refractivity contribution in [3.63, 3.8) is 0 Å². The molecule has 0 aliphatic rings. The number of nitrogens with two attached hydrogens (primary N) is 1. The van der Waals surface area contributed by atoms with Gasteiger partial charge in [-0.3, -0.25) is 4.79 Å². The molecule has 0 aromatic heterocycles. The van der Waals surface area contributed by atoms with Crippen molar-refractivity contribution in [2.75, 3.05) is 6.54 Å². The average Bonchev–Trinajstić information content (AvgIpc) is 2.01. The molecule has 0 bridgehead atoms. The van der Waals surface area contributed by atoms with Crippen molar-refractivity contribution in [2.45, 2.75) is 0 Å². The van der Waals surface area contributed by atoms with Crippen LogP contribution in [0.25, 0.3) is 0 Å². The number of hydrogen-bond acceptors (Lipinski definition) is 2. The Morgan fingerprint density at radius 2 is 1.69 bits per heavy atom. The quantitative estimate of drug-likeness (QED) is 0.808. The Kier molecular flexibility index (Phi) is 5.33. The number of carbonyl (C=O) groups is 1. The summed E-state index contributed by atoms with van der Waals surface area (Å²) >= 11 is 11.3. The number of hydrogen-bond donors (Lipinski definition) is 1. The maximum absolute atomic E-state index is 11.1. The van der Waals surface area contributed by atoms with Crippen LogP contribution in [0.5, 0.6) is 0 Å². The molecule has 0 saturated carbocycles. The largest absolute Gasteiger partial charge is 0.324 e. The summed E-state index contributed by atoms with van der Waals surface area (Å²) in [5.41, 5.74) is 5.62. The van der Waals surface area contributed by atoms with E-state index in [1.54, 1.807) is 18.2 Å². The predicted molar refractivity (Wildman–Crippen MR) is 57.1 cm³/mol. The van der Waals surface area contributed by atoms with E-state index in [2.05, 4.69) is 0 Å². The first-order valence-electron chi connectivity index (χ1n) is 3.33. The van der Waals surface area contributed by atoms with Gasteiger partial charge in [-0.15, -0.1) is 12.4 Å². The average molecular weight is 241 g/mol. The molecule has 1 rings (SSSR count). The van der Waals surface area contributed by atoms with E-state index in [-0.39, 0.29) is 24.7 Å². The van der Waals surface area contributed by atoms with Crippen LogP contribution in [0.2, 0.25) is 10.0 Å². The summed E-state index contributed by atoms with van der Waals surface area (Å²) in [6, 6.07) is 4.65. The Morgan fingerprint density at radius 3 is 2.08 bits per heavy atom. The highest BCUT2D eigenvalue weighted by Crippen LogP contribution is 2.18. The highest BCUT2D eigenvalue weighted by molar-refractivity contribution is 6.35. The molecule has 2 nitrogen and oxygen atoms in total. The van der Waals surface area contributed by atoms with Gasteiger partial charge >= 0.3 is 0 Å². The van der Waals surface area contributed by atoms with Crippen molar-refractivity contribution < 1.29 is 4.79 Å². The molecule has 0 heterocycles. The van der Waals surface area contributed by atoms with E-state index in [0.29, 0.717) is 15.6 Å². The third kappa shape index (κ3) is 3.53. The van der Waals surface area contributed by atoms with E-state index in [9.17, 15) is 4.79 Å². The molecule has 0 amide bonds. The molecule has 0 spiro atoms. The maximum atomic E-state index is 11.1. The van der Waals surface area contributed by atoms with Crippen LogP contribution in [0.3, 0.4) is 0 Å². The van der Waals surface area contributed by atoms with Crippen molar-refractivity contribution in [1.82, 2.24) is 0 Å². The number of carbonyl (C=O) groups excluding carboxylic acids is 1. The third-order valence-corrected chi connectivity index (χ3v) is 1.81. The Labute approximate surface area is 92.4 Å². The molecule has 0 saturated heterocycles. The second-order valence-corrected chi connectivity index (χ2v) is 3.16. The molecule has 1 aromatic carbocycles. The summed E-state index contributed by atoms with van der Waals surface area (Å²) in [6.45, 7) is -0.0311. The zero-order valence-corrected chi connectivity index (χ0v) is 8.92. The molecule has 0 aliphatic heterocycles. The van der Waals surface area contributed by atoms with E-state index in [1.807, 2.05) is 0 Å². The molecule has 13 heavy (non-hydrogen) atoms. The monoisotopic (exact) mass is 239 g/mol. The summed E-state index contributed by atoms with van der Waals surface area (Å²) < 4.78 is 0. The van der Waals surface area contributed by atoms with Gasteiger partial charge in [0.25, 0.3) is 0 Å². The summed E-state index contributed by atoms with van der Waals surface area (Å²) in [5.74, 6) is -0.167. The lowest BCUT2D eigenvalue weighted by Crippen LogP contribution is -2.13. The van der Waals surface area contributed by atoms with Gasteiger partial charge in [0.1, 0.15) is 0 Å². The fourth-order valence-electron chi connectivity index (χ4n) is 0.833. The topological polar surface area (TPSA) is 43.1 Å². The van der Waals surface area contributed by atoms with Gasteiger partial charge in [0, 0.05) is 15.6 Å². The van der Waals surface area contributed by atoms with Gasteiger partial charge in [-0.2, -0.15) is 0 Å². The van der Waals surface area contributed by atoms with E-state index in [4.69, 9.17) is 28.9 Å². The highest BCUT2D eigenvalue weighted by Gasteiger charge is 2.04. The first-order chi connectivity index (χ1) is 5.63. The number of benzene rings is 1. The molecule has 1 aromatic rings. The predicted octanol–water partition coefficient (Wildman–Crippen LogP) is 2.56. The first-order valence-corrected chi connectivity index (χ1v) is 4.08. The molecule has 0 fully saturated rings. The van der Waals surface area contributed by atoms with Crippen LogP contribution in [0.1, 0.15) is 10.4 Å². The highest BCUT2D eigenvalue weighted by atomic mass is 35.5. The second-order valence-electron chi connectivity index (χ2n) is 2.29. The first kappa shape index (κ1) is 12.7.